The van der Waals surface area contributed by atoms with E-state index in [0.717, 1.165) is 4.49 Å². The molecule has 0 bridgehead atoms. The van der Waals surface area contributed by atoms with E-state index in [9.17, 15) is 43.2 Å². The van der Waals surface area contributed by atoms with E-state index >= 15 is 0 Å². The lowest BCUT2D eigenvalue weighted by Gasteiger charge is -2.26. The van der Waals surface area contributed by atoms with Gasteiger partial charge >= 0.3 is 38.7 Å². The molecular formula is C26H17F6N2O6PS2. The van der Waals surface area contributed by atoms with E-state index in [-0.39, 0.29) is 22.3 Å². The van der Waals surface area contributed by atoms with E-state index in [2.05, 4.69) is 4.15 Å². The summed E-state index contributed by atoms with van der Waals surface area (Å²) in [6, 6.07) is 24.3. The van der Waals surface area contributed by atoms with Crippen molar-refractivity contribution in [3.8, 4) is 44.9 Å². The first-order valence-electron chi connectivity index (χ1n) is 11.9. The molecule has 1 aliphatic heterocycles. The molecule has 0 aromatic heterocycles. The quantitative estimate of drug-likeness (QED) is 0.173. The van der Waals surface area contributed by atoms with Crippen LogP contribution in [0.1, 0.15) is 0 Å². The molecule has 226 valence electrons. The number of halogens is 6. The third kappa shape index (κ3) is 5.87. The third-order valence-electron chi connectivity index (χ3n) is 5.97. The molecule has 17 heteroatoms. The molecule has 0 atom stereocenters. The average molecular weight is 663 g/mol. The van der Waals surface area contributed by atoms with Crippen LogP contribution in [0.4, 0.5) is 26.3 Å². The van der Waals surface area contributed by atoms with Gasteiger partial charge in [0, 0.05) is 22.3 Å². The normalized spacial score (nSPS) is 14.8. The predicted molar refractivity (Wildman–Crippen MR) is 146 cm³/mol. The molecule has 8 nitrogen and oxygen atoms in total. The number of para-hydroxylation sites is 2. The molecule has 0 amide bonds. The summed E-state index contributed by atoms with van der Waals surface area (Å²) in [6.45, 7) is 0. The number of hydrogen-bond donors (Lipinski definition) is 1. The molecule has 0 saturated heterocycles. The summed E-state index contributed by atoms with van der Waals surface area (Å²) < 4.78 is 146. The number of nitrogens with one attached hydrogen (secondary N) is 1. The molecule has 5 rings (SSSR count). The van der Waals surface area contributed by atoms with Crippen molar-refractivity contribution in [1.82, 2.24) is 4.49 Å². The van der Waals surface area contributed by atoms with Gasteiger partial charge in [0.2, 0.25) is 0 Å². The molecule has 4 aromatic rings. The molecule has 0 spiro atoms. The predicted octanol–water partition coefficient (Wildman–Crippen LogP) is 7.69. The van der Waals surface area contributed by atoms with Crippen LogP contribution in [0, 0.1) is 0 Å². The Kier molecular flexibility index (Phi) is 7.61. The Bertz CT molecular complexity index is 1870. The largest absolute Gasteiger partial charge is 0.518 e. The Morgan fingerprint density at radius 2 is 0.953 bits per heavy atom. The Hall–Kier alpha value is -3.85. The van der Waals surface area contributed by atoms with Gasteiger partial charge in [0.15, 0.2) is 0 Å². The first kappa shape index (κ1) is 30.6. The van der Waals surface area contributed by atoms with E-state index in [1.54, 1.807) is 36.4 Å². The molecular weight excluding hydrogens is 645 g/mol. The molecule has 1 heterocycles. The second kappa shape index (κ2) is 10.7. The Labute approximate surface area is 241 Å². The molecule has 0 radical (unpaired) electrons. The third-order valence-corrected chi connectivity index (χ3v) is 11.6. The maximum atomic E-state index is 13.6. The van der Waals surface area contributed by atoms with E-state index in [1.807, 2.05) is 0 Å². The standard InChI is InChI=1S/C26H17F6N2O6PS2/c27-25(28,29)42(35,36)33-41(34-43(37,38)26(30,31)32)39-23-19(17-9-3-1-4-10-17)13-7-15-21(23)22-16-8-14-20(24(22)40-41)18-11-5-2-6-12-18/h1-16,33H. The van der Waals surface area contributed by atoms with Crippen LogP contribution in [-0.2, 0) is 20.0 Å². The molecule has 1 N–H and O–H groups in total. The van der Waals surface area contributed by atoms with Crippen LogP contribution >= 0.6 is 7.66 Å². The van der Waals surface area contributed by atoms with Crippen LogP contribution in [0.3, 0.4) is 0 Å². The number of sulfonamides is 2. The zero-order chi connectivity index (χ0) is 31.3. The summed E-state index contributed by atoms with van der Waals surface area (Å²) in [5.41, 5.74) is -11.4. The molecule has 43 heavy (non-hydrogen) atoms. The highest BCUT2D eigenvalue weighted by atomic mass is 32.2. The van der Waals surface area contributed by atoms with Crippen molar-refractivity contribution in [1.29, 1.82) is 0 Å². The van der Waals surface area contributed by atoms with E-state index < -0.39 is 50.2 Å². The van der Waals surface area contributed by atoms with Crippen molar-refractivity contribution < 1.29 is 52.2 Å². The van der Waals surface area contributed by atoms with Crippen LogP contribution in [-0.4, -0.2) is 27.9 Å². The van der Waals surface area contributed by atoms with Gasteiger partial charge in [-0.15, -0.1) is 4.49 Å². The van der Waals surface area contributed by atoms with Gasteiger partial charge in [-0.1, -0.05) is 101 Å². The lowest BCUT2D eigenvalue weighted by Crippen LogP contribution is -2.37. The van der Waals surface area contributed by atoms with Gasteiger partial charge in [0.05, 0.1) is 0 Å². The van der Waals surface area contributed by atoms with Gasteiger partial charge in [-0.25, -0.2) is 8.42 Å². The minimum absolute atomic E-state index is 0.0434. The fourth-order valence-electron chi connectivity index (χ4n) is 4.13. The highest BCUT2D eigenvalue weighted by Crippen LogP contribution is 2.61. The van der Waals surface area contributed by atoms with Crippen molar-refractivity contribution in [3.63, 3.8) is 0 Å². The van der Waals surface area contributed by atoms with Crippen LogP contribution in [0.25, 0.3) is 33.4 Å². The Morgan fingerprint density at radius 3 is 1.33 bits per heavy atom. The summed E-state index contributed by atoms with van der Waals surface area (Å²) in [4.78, 5) is 0. The van der Waals surface area contributed by atoms with Gasteiger partial charge in [0.1, 0.15) is 11.5 Å². The minimum Gasteiger partial charge on any atom is -0.416 e. The van der Waals surface area contributed by atoms with E-state index in [1.165, 1.54) is 60.7 Å². The summed E-state index contributed by atoms with van der Waals surface area (Å²) in [5.74, 6) is -0.950. The number of fused-ring (bicyclic) bond motifs is 3. The van der Waals surface area contributed by atoms with E-state index in [0.29, 0.717) is 11.1 Å². The van der Waals surface area contributed by atoms with Crippen molar-refractivity contribution in [2.24, 2.45) is 4.15 Å². The van der Waals surface area contributed by atoms with Crippen LogP contribution in [0.2, 0.25) is 0 Å². The molecule has 0 unspecified atom stereocenters. The monoisotopic (exact) mass is 662 g/mol. The first-order valence-corrected chi connectivity index (χ1v) is 16.4. The van der Waals surface area contributed by atoms with Crippen LogP contribution in [0.5, 0.6) is 11.5 Å². The average Bonchev–Trinajstić information content (AvgIpc) is 3.06. The SMILES string of the molecule is O=S(=O)(N=P1(NS(=O)(=O)C(F)(F)F)Oc2c(-c3ccccc3)cccc2-c2cccc(-c3ccccc3)c2O1)C(F)(F)F. The van der Waals surface area contributed by atoms with E-state index in [4.69, 9.17) is 9.05 Å². The maximum Gasteiger partial charge on any atom is 0.518 e. The van der Waals surface area contributed by atoms with Gasteiger partial charge in [-0.2, -0.15) is 34.8 Å². The Balaban J connectivity index is 1.94. The topological polar surface area (TPSA) is 111 Å². The number of alkyl halides is 6. The zero-order valence-electron chi connectivity index (χ0n) is 21.2. The molecule has 0 saturated carbocycles. The van der Waals surface area contributed by atoms with Gasteiger partial charge in [-0.3, -0.25) is 0 Å². The Morgan fingerprint density at radius 1 is 0.558 bits per heavy atom. The molecule has 4 aromatic carbocycles. The smallest absolute Gasteiger partial charge is 0.416 e. The lowest BCUT2D eigenvalue weighted by molar-refractivity contribution is -0.0443. The summed E-state index contributed by atoms with van der Waals surface area (Å²) in [7, 11) is -19.2. The molecule has 0 fully saturated rings. The number of nitrogens with zero attached hydrogens (tertiary/aromatic N) is 1. The fraction of sp³-hybridized carbons (Fsp3) is 0.0769. The van der Waals surface area contributed by atoms with Crippen LogP contribution < -0.4 is 13.5 Å². The second-order valence-electron chi connectivity index (χ2n) is 8.84. The minimum atomic E-state index is -6.72. The zero-order valence-corrected chi connectivity index (χ0v) is 23.7. The van der Waals surface area contributed by atoms with Gasteiger partial charge < -0.3 is 9.05 Å². The van der Waals surface area contributed by atoms with Crippen molar-refractivity contribution >= 4 is 27.7 Å². The van der Waals surface area contributed by atoms with Crippen molar-refractivity contribution in [3.05, 3.63) is 97.1 Å². The summed E-state index contributed by atoms with van der Waals surface area (Å²) in [5, 5.41) is 0. The second-order valence-corrected chi connectivity index (χ2v) is 14.5. The summed E-state index contributed by atoms with van der Waals surface area (Å²) in [6.07, 6.45) is 0. The molecule has 0 aliphatic carbocycles. The highest BCUT2D eigenvalue weighted by molar-refractivity contribution is 7.99. The molecule has 1 aliphatic rings. The number of hydrogen-bond acceptors (Lipinski definition) is 6. The van der Waals surface area contributed by atoms with Crippen molar-refractivity contribution in [2.75, 3.05) is 0 Å². The maximum absolute atomic E-state index is 13.6. The van der Waals surface area contributed by atoms with Gasteiger partial charge in [-0.05, 0) is 11.1 Å². The lowest BCUT2D eigenvalue weighted by atomic mass is 9.94. The van der Waals surface area contributed by atoms with Crippen molar-refractivity contribution in [2.45, 2.75) is 11.0 Å². The number of rotatable bonds is 5. The summed E-state index contributed by atoms with van der Waals surface area (Å²) >= 11 is 0. The van der Waals surface area contributed by atoms with Gasteiger partial charge in [0.25, 0.3) is 0 Å². The number of benzene rings is 4. The highest BCUT2D eigenvalue weighted by Gasteiger charge is 2.55. The first-order chi connectivity index (χ1) is 20.0. The fourth-order valence-corrected chi connectivity index (χ4v) is 9.18. The van der Waals surface area contributed by atoms with Crippen LogP contribution in [0.15, 0.2) is 101 Å².